The molecule has 0 aromatic rings. The minimum atomic E-state index is -0.376. The third kappa shape index (κ3) is 12.2. The standard InChI is InChI=1S/C24H43NO4/c1-3-4-7-11-21(26)16-14-20-15-17-23(27)22(20)12-8-5-6-9-13-24(28)25-18-10-19-29-2/h14,16,20-22,26H,3-13,15,17-19H2,1-2H3,(H,25,28)/t20-,21-,22+/m0/s1. The maximum absolute atomic E-state index is 12.2. The fraction of sp³-hybridized carbons (Fsp3) is 0.833. The summed E-state index contributed by atoms with van der Waals surface area (Å²) in [6, 6.07) is 0. The first-order chi connectivity index (χ1) is 14.1. The minimum Gasteiger partial charge on any atom is -0.389 e. The van der Waals surface area contributed by atoms with Gasteiger partial charge in [-0.3, -0.25) is 9.59 Å². The molecule has 1 rings (SSSR count). The Morgan fingerprint density at radius 2 is 2.00 bits per heavy atom. The Balaban J connectivity index is 2.16. The topological polar surface area (TPSA) is 75.6 Å². The van der Waals surface area contributed by atoms with Gasteiger partial charge in [0.2, 0.25) is 5.91 Å². The number of aliphatic hydroxyl groups is 1. The van der Waals surface area contributed by atoms with E-state index in [0.29, 0.717) is 37.7 Å². The molecule has 0 heterocycles. The minimum absolute atomic E-state index is 0.120. The fourth-order valence-corrected chi connectivity index (χ4v) is 4.05. The normalized spacial score (nSPS) is 20.4. The van der Waals surface area contributed by atoms with Crippen LogP contribution in [0.3, 0.4) is 0 Å². The van der Waals surface area contributed by atoms with Crippen molar-refractivity contribution < 1.29 is 19.4 Å². The van der Waals surface area contributed by atoms with E-state index in [1.165, 1.54) is 0 Å². The average Bonchev–Trinajstić information content (AvgIpc) is 3.06. The van der Waals surface area contributed by atoms with Crippen LogP contribution < -0.4 is 5.32 Å². The number of hydrogen-bond acceptors (Lipinski definition) is 4. The van der Waals surface area contributed by atoms with E-state index >= 15 is 0 Å². The van der Waals surface area contributed by atoms with E-state index in [4.69, 9.17) is 4.74 Å². The van der Waals surface area contributed by atoms with Gasteiger partial charge in [-0.15, -0.1) is 0 Å². The van der Waals surface area contributed by atoms with E-state index in [0.717, 1.165) is 70.6 Å². The van der Waals surface area contributed by atoms with Crippen LogP contribution in [0.2, 0.25) is 0 Å². The molecule has 1 fully saturated rings. The van der Waals surface area contributed by atoms with Crippen LogP contribution in [0.4, 0.5) is 0 Å². The van der Waals surface area contributed by atoms with Gasteiger partial charge in [-0.1, -0.05) is 57.6 Å². The number of carbonyl (C=O) groups is 2. The third-order valence-electron chi connectivity index (χ3n) is 5.85. The van der Waals surface area contributed by atoms with E-state index in [1.54, 1.807) is 7.11 Å². The number of allylic oxidation sites excluding steroid dienone is 1. The number of unbranched alkanes of at least 4 members (excludes halogenated alkanes) is 5. The number of aliphatic hydroxyl groups excluding tert-OH is 1. The molecule has 0 aromatic heterocycles. The molecule has 1 aliphatic carbocycles. The van der Waals surface area contributed by atoms with E-state index in [9.17, 15) is 14.7 Å². The van der Waals surface area contributed by atoms with Gasteiger partial charge in [0.25, 0.3) is 0 Å². The smallest absolute Gasteiger partial charge is 0.219 e. The molecular formula is C24H43NO4. The van der Waals surface area contributed by atoms with Gasteiger partial charge < -0.3 is 15.2 Å². The largest absolute Gasteiger partial charge is 0.389 e. The first-order valence-electron chi connectivity index (χ1n) is 11.7. The van der Waals surface area contributed by atoms with Crippen molar-refractivity contribution in [2.24, 2.45) is 11.8 Å². The van der Waals surface area contributed by atoms with Gasteiger partial charge in [0.1, 0.15) is 5.78 Å². The Bertz CT molecular complexity index is 478. The molecule has 0 radical (unpaired) electrons. The van der Waals surface area contributed by atoms with Crippen LogP contribution in [0.5, 0.6) is 0 Å². The summed E-state index contributed by atoms with van der Waals surface area (Å²) in [5, 5.41) is 13.0. The van der Waals surface area contributed by atoms with Crippen LogP contribution in [0.25, 0.3) is 0 Å². The Hall–Kier alpha value is -1.20. The maximum atomic E-state index is 12.2. The molecule has 168 valence electrons. The summed E-state index contributed by atoms with van der Waals surface area (Å²) in [7, 11) is 1.66. The molecule has 29 heavy (non-hydrogen) atoms. The molecule has 0 saturated heterocycles. The number of ketones is 1. The Morgan fingerprint density at radius 3 is 2.76 bits per heavy atom. The van der Waals surface area contributed by atoms with E-state index in [1.807, 2.05) is 6.08 Å². The van der Waals surface area contributed by atoms with E-state index < -0.39 is 0 Å². The predicted octanol–water partition coefficient (Wildman–Crippen LogP) is 4.57. The summed E-state index contributed by atoms with van der Waals surface area (Å²) in [6.07, 6.45) is 15.8. The first kappa shape index (κ1) is 25.8. The summed E-state index contributed by atoms with van der Waals surface area (Å²) in [5.74, 6) is 0.921. The van der Waals surface area contributed by atoms with Crippen molar-refractivity contribution in [3.63, 3.8) is 0 Å². The molecule has 2 N–H and O–H groups in total. The van der Waals surface area contributed by atoms with Crippen LogP contribution in [-0.2, 0) is 14.3 Å². The molecule has 3 atom stereocenters. The number of methoxy groups -OCH3 is 1. The number of carbonyl (C=O) groups excluding carboxylic acids is 2. The lowest BCUT2D eigenvalue weighted by Gasteiger charge is -2.15. The van der Waals surface area contributed by atoms with Gasteiger partial charge in [0.05, 0.1) is 6.10 Å². The summed E-state index contributed by atoms with van der Waals surface area (Å²) in [4.78, 5) is 24.0. The molecular weight excluding hydrogens is 366 g/mol. The van der Waals surface area contributed by atoms with E-state index in [-0.39, 0.29) is 17.9 Å². The van der Waals surface area contributed by atoms with Crippen molar-refractivity contribution in [2.75, 3.05) is 20.3 Å². The highest BCUT2D eigenvalue weighted by Gasteiger charge is 2.32. The molecule has 0 unspecified atom stereocenters. The SMILES string of the molecule is CCCCC[C@H](O)C=C[C@H]1CCC(=O)[C@@H]1CCCCCCC(=O)NCCCOC. The molecule has 1 aliphatic rings. The number of rotatable bonds is 17. The highest BCUT2D eigenvalue weighted by Crippen LogP contribution is 2.34. The van der Waals surface area contributed by atoms with Crippen LogP contribution in [-0.4, -0.2) is 43.2 Å². The Labute approximate surface area is 177 Å². The predicted molar refractivity (Wildman–Crippen MR) is 118 cm³/mol. The van der Waals surface area contributed by atoms with Crippen molar-refractivity contribution in [2.45, 2.75) is 96.5 Å². The molecule has 5 heteroatoms. The second-order valence-corrected chi connectivity index (χ2v) is 8.37. The van der Waals surface area contributed by atoms with Crippen molar-refractivity contribution in [3.8, 4) is 0 Å². The summed E-state index contributed by atoms with van der Waals surface area (Å²) < 4.78 is 4.96. The van der Waals surface area contributed by atoms with Crippen LogP contribution in [0.15, 0.2) is 12.2 Å². The second-order valence-electron chi connectivity index (χ2n) is 8.37. The lowest BCUT2D eigenvalue weighted by molar-refractivity contribution is -0.121. The molecule has 0 aromatic carbocycles. The third-order valence-corrected chi connectivity index (χ3v) is 5.85. The fourth-order valence-electron chi connectivity index (χ4n) is 4.05. The molecule has 0 spiro atoms. The Kier molecular flexibility index (Phi) is 14.8. The summed E-state index contributed by atoms with van der Waals surface area (Å²) in [5.41, 5.74) is 0. The zero-order chi connectivity index (χ0) is 21.3. The zero-order valence-electron chi connectivity index (χ0n) is 18.7. The lowest BCUT2D eigenvalue weighted by Crippen LogP contribution is -2.24. The number of ether oxygens (including phenoxy) is 1. The maximum Gasteiger partial charge on any atom is 0.219 e. The summed E-state index contributed by atoms with van der Waals surface area (Å²) >= 11 is 0. The zero-order valence-corrected chi connectivity index (χ0v) is 18.7. The number of hydrogen-bond donors (Lipinski definition) is 2. The first-order valence-corrected chi connectivity index (χ1v) is 11.7. The van der Waals surface area contributed by atoms with Crippen LogP contribution >= 0.6 is 0 Å². The van der Waals surface area contributed by atoms with Crippen molar-refractivity contribution >= 4 is 11.7 Å². The van der Waals surface area contributed by atoms with Crippen LogP contribution in [0.1, 0.15) is 90.4 Å². The van der Waals surface area contributed by atoms with Crippen molar-refractivity contribution in [1.29, 1.82) is 0 Å². The molecule has 0 aliphatic heterocycles. The quantitative estimate of drug-likeness (QED) is 0.272. The molecule has 1 saturated carbocycles. The van der Waals surface area contributed by atoms with Crippen molar-refractivity contribution in [1.82, 2.24) is 5.32 Å². The van der Waals surface area contributed by atoms with Gasteiger partial charge in [-0.2, -0.15) is 0 Å². The monoisotopic (exact) mass is 409 g/mol. The lowest BCUT2D eigenvalue weighted by atomic mass is 9.89. The van der Waals surface area contributed by atoms with Crippen molar-refractivity contribution in [3.05, 3.63) is 12.2 Å². The van der Waals surface area contributed by atoms with Gasteiger partial charge in [-0.05, 0) is 38.0 Å². The average molecular weight is 410 g/mol. The number of nitrogens with one attached hydrogen (secondary N) is 1. The number of amides is 1. The van der Waals surface area contributed by atoms with Gasteiger partial charge in [0, 0.05) is 39.0 Å². The van der Waals surface area contributed by atoms with Crippen LogP contribution in [0, 0.1) is 11.8 Å². The van der Waals surface area contributed by atoms with Gasteiger partial charge >= 0.3 is 0 Å². The number of Topliss-reactive ketones (excluding diaryl/α,β-unsaturated/α-hetero) is 1. The van der Waals surface area contributed by atoms with Gasteiger partial charge in [0.15, 0.2) is 0 Å². The van der Waals surface area contributed by atoms with E-state index in [2.05, 4.69) is 18.3 Å². The summed E-state index contributed by atoms with van der Waals surface area (Å²) in [6.45, 7) is 3.52. The molecule has 1 amide bonds. The Morgan fingerprint density at radius 1 is 1.21 bits per heavy atom. The highest BCUT2D eigenvalue weighted by atomic mass is 16.5. The second kappa shape index (κ2) is 16.6. The highest BCUT2D eigenvalue weighted by molar-refractivity contribution is 5.83. The molecule has 0 bridgehead atoms. The van der Waals surface area contributed by atoms with Gasteiger partial charge in [-0.25, -0.2) is 0 Å². The molecule has 5 nitrogen and oxygen atoms in total.